The molecule has 0 unspecified atom stereocenters. The maximum absolute atomic E-state index is 13.5. The summed E-state index contributed by atoms with van der Waals surface area (Å²) in [6, 6.07) is 23.4. The van der Waals surface area contributed by atoms with Gasteiger partial charge in [-0.3, -0.25) is 14.7 Å². The van der Waals surface area contributed by atoms with Crippen LogP contribution in [0, 0.1) is 0 Å². The number of carboxylic acid groups (broad SMARTS) is 1. The van der Waals surface area contributed by atoms with Crippen molar-refractivity contribution in [2.24, 2.45) is 0 Å². The summed E-state index contributed by atoms with van der Waals surface area (Å²) in [7, 11) is 0. The van der Waals surface area contributed by atoms with E-state index < -0.39 is 24.0 Å². The van der Waals surface area contributed by atoms with Crippen LogP contribution in [0.4, 0.5) is 0 Å². The number of aliphatic carboxylic acids is 1. The summed E-state index contributed by atoms with van der Waals surface area (Å²) in [4.78, 5) is 39.4. The normalized spacial score (nSPS) is 17.5. The number of H-pyrrole nitrogens is 1. The van der Waals surface area contributed by atoms with Gasteiger partial charge in [-0.2, -0.15) is 0 Å². The van der Waals surface area contributed by atoms with Crippen molar-refractivity contribution in [3.63, 3.8) is 0 Å². The van der Waals surface area contributed by atoms with Gasteiger partial charge < -0.3 is 10.0 Å². The Morgan fingerprint density at radius 2 is 1.60 bits per heavy atom. The number of carbonyl (C=O) groups is 2. The summed E-state index contributed by atoms with van der Waals surface area (Å²) in [5, 5.41) is 13.4. The first kappa shape index (κ1) is 22.7. The van der Waals surface area contributed by atoms with Gasteiger partial charge in [-0.25, -0.2) is 9.48 Å². The number of benzene rings is 3. The van der Waals surface area contributed by atoms with Gasteiger partial charge in [0.15, 0.2) is 0 Å². The lowest BCUT2D eigenvalue weighted by molar-refractivity contribution is -0.141. The average Bonchev–Trinajstić information content (AvgIpc) is 3.49. The molecule has 1 saturated heterocycles. The number of rotatable bonds is 5. The molecule has 1 amide bonds. The van der Waals surface area contributed by atoms with Gasteiger partial charge in [-0.1, -0.05) is 60.1 Å². The summed E-state index contributed by atoms with van der Waals surface area (Å²) in [5.41, 5.74) is 2.96. The SMILES string of the molecule is O=C(O)[C@@H]1CC[C@H](c2ccccc2Cl)N1C(=O)c1ccc(-n2[nH]c(-c3ccccc3)cc2=O)cc1. The predicted octanol–water partition coefficient (Wildman–Crippen LogP) is 4.92. The van der Waals surface area contributed by atoms with Crippen LogP contribution in [0.5, 0.6) is 0 Å². The molecule has 3 aromatic carbocycles. The van der Waals surface area contributed by atoms with Crippen molar-refractivity contribution in [2.45, 2.75) is 24.9 Å². The van der Waals surface area contributed by atoms with E-state index in [0.29, 0.717) is 34.8 Å². The smallest absolute Gasteiger partial charge is 0.326 e. The number of halogens is 1. The number of aromatic amines is 1. The molecule has 176 valence electrons. The molecule has 2 heterocycles. The molecule has 0 aliphatic carbocycles. The van der Waals surface area contributed by atoms with Gasteiger partial charge in [0.2, 0.25) is 0 Å². The number of likely N-dealkylation sites (tertiary alicyclic amines) is 1. The minimum atomic E-state index is -1.05. The molecule has 0 bridgehead atoms. The summed E-state index contributed by atoms with van der Waals surface area (Å²) in [6.45, 7) is 0. The van der Waals surface area contributed by atoms with Crippen molar-refractivity contribution in [3.05, 3.63) is 111 Å². The number of hydrogen-bond donors (Lipinski definition) is 2. The second-order valence-corrected chi connectivity index (χ2v) is 8.84. The summed E-state index contributed by atoms with van der Waals surface area (Å²) in [5.74, 6) is -1.44. The van der Waals surface area contributed by atoms with Crippen LogP contribution in [0.15, 0.2) is 89.7 Å². The average molecular weight is 488 g/mol. The number of aromatic nitrogens is 2. The molecule has 0 spiro atoms. The van der Waals surface area contributed by atoms with E-state index in [1.54, 1.807) is 36.4 Å². The molecular formula is C27H22ClN3O4. The molecule has 8 heteroatoms. The van der Waals surface area contributed by atoms with Gasteiger partial charge in [0, 0.05) is 16.7 Å². The standard InChI is InChI=1S/C27H22ClN3O4/c28-21-9-5-4-8-20(21)23-14-15-24(27(34)35)30(23)26(33)18-10-12-19(13-11-18)31-25(32)16-22(29-31)17-6-2-1-3-7-17/h1-13,16,23-24,29H,14-15H2,(H,34,35)/t23-,24+/m1/s1. The third kappa shape index (κ3) is 4.26. The Bertz CT molecular complexity index is 1440. The van der Waals surface area contributed by atoms with Gasteiger partial charge >= 0.3 is 5.97 Å². The van der Waals surface area contributed by atoms with E-state index in [4.69, 9.17) is 11.6 Å². The lowest BCUT2D eigenvalue weighted by atomic mass is 10.0. The van der Waals surface area contributed by atoms with Crippen molar-refractivity contribution in [3.8, 4) is 16.9 Å². The Kier molecular flexibility index (Phi) is 6.01. The number of carboxylic acids is 1. The Morgan fingerprint density at radius 1 is 0.914 bits per heavy atom. The van der Waals surface area contributed by atoms with Crippen molar-refractivity contribution in [2.75, 3.05) is 0 Å². The Labute approximate surface area is 206 Å². The second-order valence-electron chi connectivity index (χ2n) is 8.44. The Balaban J connectivity index is 1.45. The van der Waals surface area contributed by atoms with E-state index in [1.807, 2.05) is 42.5 Å². The zero-order chi connectivity index (χ0) is 24.5. The van der Waals surface area contributed by atoms with Crippen LogP contribution < -0.4 is 5.56 Å². The zero-order valence-corrected chi connectivity index (χ0v) is 19.4. The Hall–Kier alpha value is -4.10. The Morgan fingerprint density at radius 3 is 2.29 bits per heavy atom. The van der Waals surface area contributed by atoms with Gasteiger partial charge in [-0.05, 0) is 54.3 Å². The van der Waals surface area contributed by atoms with Crippen LogP contribution in [0.2, 0.25) is 5.02 Å². The van der Waals surface area contributed by atoms with E-state index >= 15 is 0 Å². The van der Waals surface area contributed by atoms with E-state index in [0.717, 1.165) is 11.1 Å². The van der Waals surface area contributed by atoms with E-state index in [1.165, 1.54) is 15.6 Å². The van der Waals surface area contributed by atoms with E-state index in [9.17, 15) is 19.5 Å². The first-order valence-electron chi connectivity index (χ1n) is 11.2. The lowest BCUT2D eigenvalue weighted by Crippen LogP contribution is -2.41. The molecule has 1 aliphatic heterocycles. The van der Waals surface area contributed by atoms with Crippen LogP contribution >= 0.6 is 11.6 Å². The molecule has 5 rings (SSSR count). The summed E-state index contributed by atoms with van der Waals surface area (Å²) < 4.78 is 1.40. The number of nitrogens with one attached hydrogen (secondary N) is 1. The molecule has 0 radical (unpaired) electrons. The summed E-state index contributed by atoms with van der Waals surface area (Å²) >= 11 is 6.38. The molecule has 7 nitrogen and oxygen atoms in total. The highest BCUT2D eigenvalue weighted by Gasteiger charge is 2.42. The van der Waals surface area contributed by atoms with Crippen molar-refractivity contribution in [1.29, 1.82) is 0 Å². The van der Waals surface area contributed by atoms with E-state index in [-0.39, 0.29) is 5.56 Å². The third-order valence-corrected chi connectivity index (χ3v) is 6.69. The van der Waals surface area contributed by atoms with Gasteiger partial charge in [-0.15, -0.1) is 0 Å². The molecule has 2 N–H and O–H groups in total. The monoisotopic (exact) mass is 487 g/mol. The highest BCUT2D eigenvalue weighted by atomic mass is 35.5. The third-order valence-electron chi connectivity index (χ3n) is 6.35. The van der Waals surface area contributed by atoms with Crippen LogP contribution in [0.1, 0.15) is 34.8 Å². The molecule has 1 aliphatic rings. The first-order chi connectivity index (χ1) is 16.9. The van der Waals surface area contributed by atoms with Crippen molar-refractivity contribution >= 4 is 23.5 Å². The maximum Gasteiger partial charge on any atom is 0.326 e. The van der Waals surface area contributed by atoms with Gasteiger partial charge in [0.05, 0.1) is 17.4 Å². The second kappa shape index (κ2) is 9.27. The fraction of sp³-hybridized carbons (Fsp3) is 0.148. The van der Waals surface area contributed by atoms with Crippen LogP contribution in [0.25, 0.3) is 16.9 Å². The quantitative estimate of drug-likeness (QED) is 0.418. The number of nitrogens with zero attached hydrogens (tertiary/aromatic N) is 2. The molecule has 2 atom stereocenters. The molecule has 0 saturated carbocycles. The molecule has 1 fully saturated rings. The largest absolute Gasteiger partial charge is 0.480 e. The van der Waals surface area contributed by atoms with Crippen molar-refractivity contribution < 1.29 is 14.7 Å². The maximum atomic E-state index is 13.5. The first-order valence-corrected chi connectivity index (χ1v) is 11.6. The van der Waals surface area contributed by atoms with E-state index in [2.05, 4.69) is 5.10 Å². The molecular weight excluding hydrogens is 466 g/mol. The van der Waals surface area contributed by atoms with Crippen LogP contribution in [-0.2, 0) is 4.79 Å². The summed E-state index contributed by atoms with van der Waals surface area (Å²) in [6.07, 6.45) is 0.847. The highest BCUT2D eigenvalue weighted by Crippen LogP contribution is 2.40. The molecule has 1 aromatic heterocycles. The topological polar surface area (TPSA) is 95.4 Å². The lowest BCUT2D eigenvalue weighted by Gasteiger charge is -2.29. The number of hydrogen-bond acceptors (Lipinski definition) is 3. The fourth-order valence-corrected chi connectivity index (χ4v) is 4.90. The zero-order valence-electron chi connectivity index (χ0n) is 18.6. The van der Waals surface area contributed by atoms with Crippen LogP contribution in [-0.4, -0.2) is 37.7 Å². The number of amides is 1. The molecule has 35 heavy (non-hydrogen) atoms. The minimum Gasteiger partial charge on any atom is -0.480 e. The molecule has 4 aromatic rings. The fourth-order valence-electron chi connectivity index (χ4n) is 4.64. The predicted molar refractivity (Wildman–Crippen MR) is 133 cm³/mol. The highest BCUT2D eigenvalue weighted by molar-refractivity contribution is 6.31. The van der Waals surface area contributed by atoms with Crippen LogP contribution in [0.3, 0.4) is 0 Å². The minimum absolute atomic E-state index is 0.229. The number of carbonyl (C=O) groups excluding carboxylic acids is 1. The van der Waals surface area contributed by atoms with Gasteiger partial charge in [0.1, 0.15) is 6.04 Å². The van der Waals surface area contributed by atoms with Crippen molar-refractivity contribution in [1.82, 2.24) is 14.7 Å². The van der Waals surface area contributed by atoms with Gasteiger partial charge in [0.25, 0.3) is 11.5 Å².